The fourth-order valence-electron chi connectivity index (χ4n) is 2.75. The van der Waals surface area contributed by atoms with E-state index in [1.54, 1.807) is 17.5 Å². The number of hydrogen-bond acceptors (Lipinski definition) is 3. The molecule has 0 spiro atoms. The van der Waals surface area contributed by atoms with Crippen molar-refractivity contribution in [3.8, 4) is 5.69 Å². The monoisotopic (exact) mass is 295 g/mol. The van der Waals surface area contributed by atoms with Gasteiger partial charge in [0, 0.05) is 17.3 Å². The zero-order valence-electron chi connectivity index (χ0n) is 11.7. The molecule has 1 aromatic carbocycles. The standard InChI is InChI=1S/C16H13N3OS/c1-10-8-13-15(21-10)12-9-17-19(11-6-4-3-5-7-11)16(20)14(12)18(13)2/h3-9H,1-2H3. The third kappa shape index (κ3) is 1.67. The maximum atomic E-state index is 12.8. The number of aromatic nitrogens is 3. The molecule has 0 aliphatic rings. The molecule has 104 valence electrons. The van der Waals surface area contributed by atoms with E-state index in [1.807, 2.05) is 41.9 Å². The average Bonchev–Trinajstić information content (AvgIpc) is 2.99. The summed E-state index contributed by atoms with van der Waals surface area (Å²) in [5.41, 5.74) is 2.50. The SMILES string of the molecule is Cc1cc2c(s1)c1cnn(-c3ccccc3)c(=O)c1n2C. The summed E-state index contributed by atoms with van der Waals surface area (Å²) in [6, 6.07) is 11.6. The van der Waals surface area contributed by atoms with Crippen LogP contribution in [0.4, 0.5) is 0 Å². The van der Waals surface area contributed by atoms with Crippen LogP contribution in [0.5, 0.6) is 0 Å². The summed E-state index contributed by atoms with van der Waals surface area (Å²) in [5, 5.41) is 5.28. The first-order valence-corrected chi connectivity index (χ1v) is 7.51. The molecule has 4 nitrogen and oxygen atoms in total. The Labute approximate surface area is 124 Å². The van der Waals surface area contributed by atoms with E-state index in [2.05, 4.69) is 18.1 Å². The second kappa shape index (κ2) is 4.30. The Morgan fingerprint density at radius 3 is 2.71 bits per heavy atom. The smallest absolute Gasteiger partial charge is 0.296 e. The van der Waals surface area contributed by atoms with E-state index < -0.39 is 0 Å². The van der Waals surface area contributed by atoms with Gasteiger partial charge in [0.05, 0.1) is 22.1 Å². The van der Waals surface area contributed by atoms with Gasteiger partial charge in [0.2, 0.25) is 0 Å². The van der Waals surface area contributed by atoms with Crippen LogP contribution in [0.15, 0.2) is 47.4 Å². The van der Waals surface area contributed by atoms with Crippen LogP contribution >= 0.6 is 11.3 Å². The molecule has 0 saturated heterocycles. The van der Waals surface area contributed by atoms with E-state index in [0.29, 0.717) is 5.52 Å². The zero-order valence-corrected chi connectivity index (χ0v) is 12.5. The van der Waals surface area contributed by atoms with Crippen molar-refractivity contribution in [2.75, 3.05) is 0 Å². The molecular formula is C16H13N3OS. The Balaban J connectivity index is 2.13. The molecule has 0 radical (unpaired) electrons. The van der Waals surface area contributed by atoms with Crippen LogP contribution in [0.25, 0.3) is 26.8 Å². The molecule has 4 aromatic rings. The number of benzene rings is 1. The summed E-state index contributed by atoms with van der Waals surface area (Å²) >= 11 is 1.70. The minimum absolute atomic E-state index is 0.0812. The lowest BCUT2D eigenvalue weighted by Gasteiger charge is -2.05. The van der Waals surface area contributed by atoms with Gasteiger partial charge in [-0.1, -0.05) is 18.2 Å². The van der Waals surface area contributed by atoms with E-state index in [0.717, 1.165) is 21.3 Å². The molecule has 3 aromatic heterocycles. The summed E-state index contributed by atoms with van der Waals surface area (Å²) in [6.07, 6.45) is 1.79. The molecule has 0 saturated carbocycles. The summed E-state index contributed by atoms with van der Waals surface area (Å²) in [4.78, 5) is 14.0. The topological polar surface area (TPSA) is 39.8 Å². The molecule has 0 aliphatic heterocycles. The Bertz CT molecular complexity index is 1020. The van der Waals surface area contributed by atoms with Crippen molar-refractivity contribution in [2.24, 2.45) is 7.05 Å². The van der Waals surface area contributed by atoms with Crippen LogP contribution in [0.3, 0.4) is 0 Å². The highest BCUT2D eigenvalue weighted by Crippen LogP contribution is 2.32. The highest BCUT2D eigenvalue weighted by molar-refractivity contribution is 7.20. The normalized spacial score (nSPS) is 11.5. The van der Waals surface area contributed by atoms with Gasteiger partial charge >= 0.3 is 0 Å². The molecule has 3 heterocycles. The van der Waals surface area contributed by atoms with E-state index in [-0.39, 0.29) is 5.56 Å². The predicted molar refractivity (Wildman–Crippen MR) is 86.4 cm³/mol. The molecule has 4 rings (SSSR count). The fourth-order valence-corrected chi connectivity index (χ4v) is 3.80. The van der Waals surface area contributed by atoms with Crippen molar-refractivity contribution in [1.82, 2.24) is 14.3 Å². The molecule has 0 bridgehead atoms. The van der Waals surface area contributed by atoms with Crippen LogP contribution < -0.4 is 5.56 Å². The number of rotatable bonds is 1. The predicted octanol–water partition coefficient (Wildman–Crippen LogP) is 3.25. The second-order valence-electron chi connectivity index (χ2n) is 5.09. The number of thiophene rings is 1. The first-order valence-electron chi connectivity index (χ1n) is 6.69. The van der Waals surface area contributed by atoms with Crippen LogP contribution in [-0.4, -0.2) is 14.3 Å². The van der Waals surface area contributed by atoms with Gasteiger partial charge in [-0.05, 0) is 25.1 Å². The first kappa shape index (κ1) is 12.3. The molecule has 0 fully saturated rings. The van der Waals surface area contributed by atoms with Gasteiger partial charge in [0.15, 0.2) is 0 Å². The van der Waals surface area contributed by atoms with Crippen LogP contribution in [0, 0.1) is 6.92 Å². The number of fused-ring (bicyclic) bond motifs is 3. The first-order chi connectivity index (χ1) is 10.2. The molecule has 0 aliphatic carbocycles. The second-order valence-corrected chi connectivity index (χ2v) is 6.35. The summed E-state index contributed by atoms with van der Waals surface area (Å²) in [5.74, 6) is 0. The third-order valence-corrected chi connectivity index (χ3v) is 4.80. The Hall–Kier alpha value is -2.40. The van der Waals surface area contributed by atoms with Gasteiger partial charge in [-0.15, -0.1) is 11.3 Å². The van der Waals surface area contributed by atoms with Crippen LogP contribution in [0.2, 0.25) is 0 Å². The number of aryl methyl sites for hydroxylation is 2. The summed E-state index contributed by atoms with van der Waals surface area (Å²) in [6.45, 7) is 2.08. The van der Waals surface area contributed by atoms with Crippen molar-refractivity contribution >= 4 is 32.5 Å². The quantitative estimate of drug-likeness (QED) is 0.541. The van der Waals surface area contributed by atoms with E-state index >= 15 is 0 Å². The molecule has 0 atom stereocenters. The lowest BCUT2D eigenvalue weighted by Crippen LogP contribution is -2.22. The Morgan fingerprint density at radius 2 is 1.95 bits per heavy atom. The average molecular weight is 295 g/mol. The van der Waals surface area contributed by atoms with Gasteiger partial charge in [0.1, 0.15) is 5.52 Å². The van der Waals surface area contributed by atoms with Crippen LogP contribution in [0.1, 0.15) is 4.88 Å². The van der Waals surface area contributed by atoms with E-state index in [9.17, 15) is 4.79 Å². The Kier molecular flexibility index (Phi) is 2.53. The van der Waals surface area contributed by atoms with Crippen molar-refractivity contribution in [2.45, 2.75) is 6.92 Å². The van der Waals surface area contributed by atoms with Crippen LogP contribution in [-0.2, 0) is 7.05 Å². The van der Waals surface area contributed by atoms with E-state index in [1.165, 1.54) is 9.56 Å². The van der Waals surface area contributed by atoms with Gasteiger partial charge in [-0.2, -0.15) is 9.78 Å². The highest BCUT2D eigenvalue weighted by Gasteiger charge is 2.16. The lowest BCUT2D eigenvalue weighted by atomic mass is 10.3. The minimum atomic E-state index is -0.0812. The molecule has 0 N–H and O–H groups in total. The third-order valence-electron chi connectivity index (χ3n) is 3.73. The van der Waals surface area contributed by atoms with Crippen molar-refractivity contribution < 1.29 is 0 Å². The van der Waals surface area contributed by atoms with Gasteiger partial charge < -0.3 is 4.57 Å². The van der Waals surface area contributed by atoms with Gasteiger partial charge in [-0.3, -0.25) is 4.79 Å². The maximum Gasteiger partial charge on any atom is 0.296 e. The molecule has 0 amide bonds. The molecular weight excluding hydrogens is 282 g/mol. The van der Waals surface area contributed by atoms with Crippen molar-refractivity contribution in [3.63, 3.8) is 0 Å². The fraction of sp³-hybridized carbons (Fsp3) is 0.125. The lowest BCUT2D eigenvalue weighted by molar-refractivity contribution is 0.811. The van der Waals surface area contributed by atoms with Crippen molar-refractivity contribution in [3.05, 3.63) is 57.8 Å². The number of hydrogen-bond donors (Lipinski definition) is 0. The van der Waals surface area contributed by atoms with Gasteiger partial charge in [0.25, 0.3) is 5.56 Å². The summed E-state index contributed by atoms with van der Waals surface area (Å²) in [7, 11) is 1.94. The Morgan fingerprint density at radius 1 is 1.19 bits per heavy atom. The van der Waals surface area contributed by atoms with E-state index in [4.69, 9.17) is 0 Å². The zero-order chi connectivity index (χ0) is 14.6. The molecule has 5 heteroatoms. The number of para-hydroxylation sites is 1. The van der Waals surface area contributed by atoms with Gasteiger partial charge in [-0.25, -0.2) is 0 Å². The van der Waals surface area contributed by atoms with Crippen molar-refractivity contribution in [1.29, 1.82) is 0 Å². The highest BCUT2D eigenvalue weighted by atomic mass is 32.1. The minimum Gasteiger partial charge on any atom is -0.338 e. The summed E-state index contributed by atoms with van der Waals surface area (Å²) < 4.78 is 4.56. The number of nitrogens with zero attached hydrogens (tertiary/aromatic N) is 3. The largest absolute Gasteiger partial charge is 0.338 e. The molecule has 0 unspecified atom stereocenters. The maximum absolute atomic E-state index is 12.8. The molecule has 21 heavy (non-hydrogen) atoms.